The molecule has 2 heterocycles. The van der Waals surface area contributed by atoms with E-state index in [4.69, 9.17) is 5.73 Å². The maximum absolute atomic E-state index is 5.78. The van der Waals surface area contributed by atoms with Crippen molar-refractivity contribution < 1.29 is 0 Å². The van der Waals surface area contributed by atoms with E-state index in [-0.39, 0.29) is 5.95 Å². The highest BCUT2D eigenvalue weighted by Gasteiger charge is 2.13. The van der Waals surface area contributed by atoms with Crippen LogP contribution in [0.3, 0.4) is 0 Å². The molecule has 0 radical (unpaired) electrons. The Morgan fingerprint density at radius 1 is 1.08 bits per heavy atom. The molecule has 3 aromatic rings. The van der Waals surface area contributed by atoms with Crippen molar-refractivity contribution in [2.75, 3.05) is 36.7 Å². The van der Waals surface area contributed by atoms with Gasteiger partial charge in [-0.05, 0) is 12.5 Å². The third-order valence-electron chi connectivity index (χ3n) is 3.86. The molecule has 0 fully saturated rings. The van der Waals surface area contributed by atoms with Crippen molar-refractivity contribution in [3.63, 3.8) is 0 Å². The van der Waals surface area contributed by atoms with Gasteiger partial charge < -0.3 is 15.5 Å². The second-order valence-electron chi connectivity index (χ2n) is 6.12. The van der Waals surface area contributed by atoms with Crippen LogP contribution in [0.2, 0.25) is 0 Å². The number of nitrogens with two attached hydrogens (primary N) is 1. The van der Waals surface area contributed by atoms with Crippen LogP contribution in [0.1, 0.15) is 11.4 Å². The zero-order valence-corrected chi connectivity index (χ0v) is 14.9. The Morgan fingerprint density at radius 3 is 2.56 bits per heavy atom. The lowest BCUT2D eigenvalue weighted by molar-refractivity contribution is 0.801. The molecular weight excluding hydrogens is 316 g/mol. The number of hydrogen-bond donors (Lipinski definition) is 2. The van der Waals surface area contributed by atoms with E-state index in [0.717, 1.165) is 17.1 Å². The molecule has 130 valence electrons. The number of nitrogen functional groups attached to an aromatic ring is 1. The summed E-state index contributed by atoms with van der Waals surface area (Å²) in [6, 6.07) is 10.2. The third-order valence-corrected chi connectivity index (χ3v) is 3.86. The summed E-state index contributed by atoms with van der Waals surface area (Å²) in [4.78, 5) is 16.5. The number of anilines is 3. The largest absolute Gasteiger partial charge is 0.368 e. The van der Waals surface area contributed by atoms with Gasteiger partial charge in [0.25, 0.3) is 0 Å². The Hall–Kier alpha value is -3.16. The third kappa shape index (κ3) is 3.68. The summed E-state index contributed by atoms with van der Waals surface area (Å²) < 4.78 is 0. The average Bonchev–Trinajstić information content (AvgIpc) is 3.04. The van der Waals surface area contributed by atoms with Crippen LogP contribution in [-0.2, 0) is 6.54 Å². The molecule has 0 bridgehead atoms. The van der Waals surface area contributed by atoms with Crippen LogP contribution in [0.4, 0.5) is 17.7 Å². The van der Waals surface area contributed by atoms with Gasteiger partial charge in [-0.2, -0.15) is 20.1 Å². The number of aryl methyl sites for hydroxylation is 1. The lowest BCUT2D eigenvalue weighted by Crippen LogP contribution is -2.22. The van der Waals surface area contributed by atoms with Crippen LogP contribution in [0.25, 0.3) is 11.3 Å². The van der Waals surface area contributed by atoms with E-state index >= 15 is 0 Å². The minimum absolute atomic E-state index is 0.213. The van der Waals surface area contributed by atoms with Crippen LogP contribution in [0, 0.1) is 6.92 Å². The van der Waals surface area contributed by atoms with E-state index < -0.39 is 0 Å². The van der Waals surface area contributed by atoms with Crippen LogP contribution in [0.5, 0.6) is 0 Å². The average molecular weight is 338 g/mol. The lowest BCUT2D eigenvalue weighted by Gasteiger charge is -2.16. The summed E-state index contributed by atoms with van der Waals surface area (Å²) in [5, 5.41) is 7.49. The zero-order chi connectivity index (χ0) is 18.0. The molecule has 0 aliphatic heterocycles. The van der Waals surface area contributed by atoms with Crippen LogP contribution in [0.15, 0.2) is 30.3 Å². The molecule has 1 aromatic carbocycles. The molecule has 0 atom stereocenters. The lowest BCUT2D eigenvalue weighted by atomic mass is 10.1. The van der Waals surface area contributed by atoms with Gasteiger partial charge in [-0.1, -0.05) is 24.3 Å². The molecule has 0 saturated heterocycles. The molecule has 0 saturated carbocycles. The fourth-order valence-corrected chi connectivity index (χ4v) is 2.51. The highest BCUT2D eigenvalue weighted by molar-refractivity contribution is 5.66. The second-order valence-corrected chi connectivity index (χ2v) is 6.12. The predicted octanol–water partition coefficient (Wildman–Crippen LogP) is 1.85. The fourth-order valence-electron chi connectivity index (χ4n) is 2.51. The van der Waals surface area contributed by atoms with Gasteiger partial charge in [0, 0.05) is 32.8 Å². The van der Waals surface area contributed by atoms with Crippen molar-refractivity contribution in [1.29, 1.82) is 0 Å². The summed E-state index contributed by atoms with van der Waals surface area (Å²) in [6.07, 6.45) is 0. The van der Waals surface area contributed by atoms with Gasteiger partial charge in [-0.15, -0.1) is 0 Å². The van der Waals surface area contributed by atoms with Crippen molar-refractivity contribution in [1.82, 2.24) is 25.1 Å². The molecule has 3 N–H and O–H groups in total. The predicted molar refractivity (Wildman–Crippen MR) is 99.4 cm³/mol. The minimum atomic E-state index is 0.213. The Kier molecular flexibility index (Phi) is 4.51. The van der Waals surface area contributed by atoms with Gasteiger partial charge in [-0.3, -0.25) is 5.10 Å². The molecule has 0 spiro atoms. The first kappa shape index (κ1) is 16.7. The van der Waals surface area contributed by atoms with Crippen molar-refractivity contribution in [2.45, 2.75) is 13.5 Å². The molecule has 0 aliphatic carbocycles. The van der Waals surface area contributed by atoms with Crippen LogP contribution >= 0.6 is 0 Å². The molecule has 8 heteroatoms. The van der Waals surface area contributed by atoms with Crippen molar-refractivity contribution in [3.8, 4) is 11.3 Å². The van der Waals surface area contributed by atoms with Crippen LogP contribution < -0.4 is 15.5 Å². The topological polar surface area (TPSA) is 99.9 Å². The number of benzene rings is 1. The summed E-state index contributed by atoms with van der Waals surface area (Å²) in [5.41, 5.74) is 9.08. The SMILES string of the molecule is Cc1ccccc1-c1cc(N(C)Cc2nc(N)nc(N(C)C)n2)n[nH]1. The maximum Gasteiger partial charge on any atom is 0.229 e. The molecule has 8 nitrogen and oxygen atoms in total. The second kappa shape index (κ2) is 6.76. The van der Waals surface area contributed by atoms with Gasteiger partial charge in [-0.25, -0.2) is 0 Å². The molecule has 3 rings (SSSR count). The van der Waals surface area contributed by atoms with E-state index in [1.807, 2.05) is 44.2 Å². The van der Waals surface area contributed by atoms with Gasteiger partial charge in [0.2, 0.25) is 11.9 Å². The summed E-state index contributed by atoms with van der Waals surface area (Å²) >= 11 is 0. The zero-order valence-electron chi connectivity index (χ0n) is 14.9. The number of nitrogens with one attached hydrogen (secondary N) is 1. The first-order chi connectivity index (χ1) is 11.9. The number of hydrogen-bond acceptors (Lipinski definition) is 7. The van der Waals surface area contributed by atoms with E-state index in [0.29, 0.717) is 18.3 Å². The Labute approximate surface area is 146 Å². The smallest absolute Gasteiger partial charge is 0.229 e. The highest BCUT2D eigenvalue weighted by atomic mass is 15.3. The van der Waals surface area contributed by atoms with Crippen molar-refractivity contribution >= 4 is 17.7 Å². The molecule has 25 heavy (non-hydrogen) atoms. The number of H-pyrrole nitrogens is 1. The standard InChI is InChI=1S/C17H22N8/c1-11-7-5-6-8-12(11)13-9-15(23-22-13)25(4)10-14-19-16(18)21-17(20-14)24(2)3/h5-9H,10H2,1-4H3,(H,22,23)(H2,18,19,20,21). The van der Waals surface area contributed by atoms with Gasteiger partial charge >= 0.3 is 0 Å². The number of rotatable bonds is 5. The molecule has 0 aliphatic rings. The molecule has 0 unspecified atom stereocenters. The number of aromatic amines is 1. The number of aromatic nitrogens is 5. The van der Waals surface area contributed by atoms with E-state index in [1.54, 1.807) is 4.90 Å². The molecule has 2 aromatic heterocycles. The summed E-state index contributed by atoms with van der Waals surface area (Å²) in [5.74, 6) is 2.16. The molecular formula is C17H22N8. The summed E-state index contributed by atoms with van der Waals surface area (Å²) in [7, 11) is 5.67. The first-order valence-electron chi connectivity index (χ1n) is 7.94. The normalized spacial score (nSPS) is 10.7. The van der Waals surface area contributed by atoms with E-state index in [1.165, 1.54) is 5.56 Å². The molecule has 0 amide bonds. The van der Waals surface area contributed by atoms with Gasteiger partial charge in [0.15, 0.2) is 11.6 Å². The van der Waals surface area contributed by atoms with Crippen LogP contribution in [-0.4, -0.2) is 46.3 Å². The fraction of sp³-hybridized carbons (Fsp3) is 0.294. The van der Waals surface area contributed by atoms with E-state index in [9.17, 15) is 0 Å². The van der Waals surface area contributed by atoms with Crippen molar-refractivity contribution in [2.24, 2.45) is 0 Å². The Morgan fingerprint density at radius 2 is 1.84 bits per heavy atom. The van der Waals surface area contributed by atoms with Gasteiger partial charge in [0.05, 0.1) is 12.2 Å². The monoisotopic (exact) mass is 338 g/mol. The number of nitrogens with zero attached hydrogens (tertiary/aromatic N) is 6. The highest BCUT2D eigenvalue weighted by Crippen LogP contribution is 2.24. The Balaban J connectivity index is 1.81. The first-order valence-corrected chi connectivity index (χ1v) is 7.94. The van der Waals surface area contributed by atoms with Crippen molar-refractivity contribution in [3.05, 3.63) is 41.7 Å². The minimum Gasteiger partial charge on any atom is -0.368 e. The summed E-state index contributed by atoms with van der Waals surface area (Å²) in [6.45, 7) is 2.56. The van der Waals surface area contributed by atoms with E-state index in [2.05, 4.69) is 44.2 Å². The Bertz CT molecular complexity index is 871. The quantitative estimate of drug-likeness (QED) is 0.732. The van der Waals surface area contributed by atoms with Gasteiger partial charge in [0.1, 0.15) is 0 Å². The maximum atomic E-state index is 5.78.